The van der Waals surface area contributed by atoms with E-state index < -0.39 is 0 Å². The number of imidazole rings is 1. The smallest absolute Gasteiger partial charge is 0.269 e. The largest absolute Gasteiger partial charge is 0.312 e. The molecule has 3 heteroatoms. The highest BCUT2D eigenvalue weighted by atomic mass is 15.3. The van der Waals surface area contributed by atoms with Gasteiger partial charge in [0.1, 0.15) is 6.20 Å². The number of rotatable bonds is 4. The lowest BCUT2D eigenvalue weighted by Crippen LogP contribution is -2.36. The molecule has 0 aliphatic rings. The van der Waals surface area contributed by atoms with Crippen LogP contribution < -0.4 is 10.4 Å². The number of aryl methyl sites for hydroxylation is 4. The van der Waals surface area contributed by atoms with Crippen LogP contribution in [0.1, 0.15) is 36.5 Å². The maximum atomic E-state index is 6.12. The summed E-state index contributed by atoms with van der Waals surface area (Å²) in [6.45, 7) is 9.68. The maximum Gasteiger partial charge on any atom is 0.312 e. The van der Waals surface area contributed by atoms with Crippen LogP contribution in [0.2, 0.25) is 0 Å². The topological polar surface area (TPSA) is 34.8 Å². The van der Waals surface area contributed by atoms with E-state index in [0.29, 0.717) is 0 Å². The van der Waals surface area contributed by atoms with Gasteiger partial charge in [0, 0.05) is 0 Å². The summed E-state index contributed by atoms with van der Waals surface area (Å²) in [6.07, 6.45) is 6.37. The molecule has 1 heterocycles. The molecule has 3 nitrogen and oxygen atoms in total. The van der Waals surface area contributed by atoms with Gasteiger partial charge in [-0.2, -0.15) is 0 Å². The number of nitrogen functional groups attached to an aromatic ring is 1. The van der Waals surface area contributed by atoms with Crippen LogP contribution in [0.15, 0.2) is 24.5 Å². The monoisotopic (exact) mass is 258 g/mol. The van der Waals surface area contributed by atoms with E-state index in [1.807, 2.05) is 6.20 Å². The highest BCUT2D eigenvalue weighted by Gasteiger charge is 2.21. The Kier molecular flexibility index (Phi) is 3.93. The van der Waals surface area contributed by atoms with Gasteiger partial charge in [-0.05, 0) is 38.3 Å². The molecule has 0 amide bonds. The molecule has 19 heavy (non-hydrogen) atoms. The Morgan fingerprint density at radius 1 is 1.16 bits per heavy atom. The molecule has 2 rings (SSSR count). The summed E-state index contributed by atoms with van der Waals surface area (Å²) in [5, 5.41) is 0. The molecular formula is C16H24N3+. The van der Waals surface area contributed by atoms with E-state index in [1.165, 1.54) is 35.1 Å². The van der Waals surface area contributed by atoms with Gasteiger partial charge in [-0.25, -0.2) is 4.57 Å². The van der Waals surface area contributed by atoms with Crippen molar-refractivity contribution in [3.8, 4) is 11.4 Å². The number of hydrogen-bond acceptors (Lipinski definition) is 1. The highest BCUT2D eigenvalue weighted by Crippen LogP contribution is 2.25. The van der Waals surface area contributed by atoms with Crippen molar-refractivity contribution in [3.05, 3.63) is 41.2 Å². The van der Waals surface area contributed by atoms with Gasteiger partial charge in [0.05, 0.1) is 12.1 Å². The zero-order valence-corrected chi connectivity index (χ0v) is 12.4. The van der Waals surface area contributed by atoms with E-state index in [4.69, 9.17) is 5.84 Å². The van der Waals surface area contributed by atoms with Crippen molar-refractivity contribution < 1.29 is 4.57 Å². The minimum atomic E-state index is 1.02. The molecule has 1 aromatic heterocycles. The maximum absolute atomic E-state index is 6.12. The molecule has 0 aliphatic heterocycles. The van der Waals surface area contributed by atoms with Crippen molar-refractivity contribution in [2.75, 3.05) is 5.84 Å². The fraction of sp³-hybridized carbons (Fsp3) is 0.438. The summed E-state index contributed by atoms with van der Waals surface area (Å²) in [7, 11) is 0. The molecule has 0 bridgehead atoms. The molecule has 2 N–H and O–H groups in total. The number of benzene rings is 1. The normalized spacial score (nSPS) is 10.9. The van der Waals surface area contributed by atoms with Crippen molar-refractivity contribution in [3.63, 3.8) is 0 Å². The molecule has 0 atom stereocenters. The lowest BCUT2D eigenvalue weighted by molar-refractivity contribution is -0.685. The molecule has 0 fully saturated rings. The zero-order chi connectivity index (χ0) is 14.0. The Morgan fingerprint density at radius 2 is 1.79 bits per heavy atom. The number of nitrogens with zero attached hydrogens (tertiary/aromatic N) is 2. The average Bonchev–Trinajstić information content (AvgIpc) is 2.68. The van der Waals surface area contributed by atoms with Crippen LogP contribution in [-0.4, -0.2) is 4.68 Å². The Bertz CT molecular complexity index is 559. The SMILES string of the molecule is CCCC[n+]1ccn(N)c1-c1c(C)cc(C)cc1C. The second kappa shape index (κ2) is 5.47. The van der Waals surface area contributed by atoms with Gasteiger partial charge in [0.15, 0.2) is 6.20 Å². The minimum absolute atomic E-state index is 1.02. The van der Waals surface area contributed by atoms with Gasteiger partial charge in [0.2, 0.25) is 0 Å². The van der Waals surface area contributed by atoms with Gasteiger partial charge >= 0.3 is 5.82 Å². The van der Waals surface area contributed by atoms with E-state index in [9.17, 15) is 0 Å². The summed E-state index contributed by atoms with van der Waals surface area (Å²) in [5.41, 5.74) is 5.13. The van der Waals surface area contributed by atoms with Crippen LogP contribution >= 0.6 is 0 Å². The molecule has 0 saturated heterocycles. The fourth-order valence-electron chi connectivity index (χ4n) is 2.76. The van der Waals surface area contributed by atoms with Gasteiger partial charge < -0.3 is 0 Å². The number of aromatic nitrogens is 2. The third-order valence-electron chi connectivity index (χ3n) is 3.58. The second-order valence-corrected chi connectivity index (χ2v) is 5.35. The summed E-state index contributed by atoms with van der Waals surface area (Å²) in [4.78, 5) is 0. The molecule has 0 spiro atoms. The van der Waals surface area contributed by atoms with Crippen molar-refractivity contribution in [1.29, 1.82) is 0 Å². The number of nitrogens with two attached hydrogens (primary N) is 1. The summed E-state index contributed by atoms with van der Waals surface area (Å²) in [5.74, 6) is 7.22. The standard InChI is InChI=1S/C16H24N3/c1-5-6-7-18-8-9-19(17)16(18)15-13(3)10-12(2)11-14(15)4/h8-11H,5-7,17H2,1-4H3/q+1. The number of unbranched alkanes of at least 4 members (excludes halogenated alkanes) is 1. The van der Waals surface area contributed by atoms with Crippen LogP contribution in [0.4, 0.5) is 0 Å². The van der Waals surface area contributed by atoms with Crippen LogP contribution in [0.25, 0.3) is 11.4 Å². The molecule has 2 aromatic rings. The van der Waals surface area contributed by atoms with E-state index in [-0.39, 0.29) is 0 Å². The average molecular weight is 258 g/mol. The van der Waals surface area contributed by atoms with Crippen LogP contribution in [0.3, 0.4) is 0 Å². The van der Waals surface area contributed by atoms with Crippen molar-refractivity contribution >= 4 is 0 Å². The number of hydrogen-bond donors (Lipinski definition) is 1. The first kappa shape index (κ1) is 13.7. The summed E-state index contributed by atoms with van der Waals surface area (Å²) >= 11 is 0. The van der Waals surface area contributed by atoms with Crippen LogP contribution in [-0.2, 0) is 6.54 Å². The molecule has 0 radical (unpaired) electrons. The molecule has 1 aromatic carbocycles. The minimum Gasteiger partial charge on any atom is -0.269 e. The first-order valence-corrected chi connectivity index (χ1v) is 6.98. The Hall–Kier alpha value is -1.77. The van der Waals surface area contributed by atoms with E-state index in [0.717, 1.165) is 12.4 Å². The van der Waals surface area contributed by atoms with Crippen molar-refractivity contribution in [2.45, 2.75) is 47.1 Å². The lowest BCUT2D eigenvalue weighted by atomic mass is 9.99. The van der Waals surface area contributed by atoms with Crippen molar-refractivity contribution in [2.24, 2.45) is 0 Å². The quantitative estimate of drug-likeness (QED) is 0.664. The predicted molar refractivity (Wildman–Crippen MR) is 79.3 cm³/mol. The van der Waals surface area contributed by atoms with E-state index in [2.05, 4.69) is 50.6 Å². The van der Waals surface area contributed by atoms with Gasteiger partial charge in [-0.15, -0.1) is 4.68 Å². The Morgan fingerprint density at radius 3 is 2.37 bits per heavy atom. The van der Waals surface area contributed by atoms with E-state index in [1.54, 1.807) is 4.68 Å². The van der Waals surface area contributed by atoms with Crippen molar-refractivity contribution in [1.82, 2.24) is 4.68 Å². The van der Waals surface area contributed by atoms with E-state index >= 15 is 0 Å². The van der Waals surface area contributed by atoms with Crippen LogP contribution in [0.5, 0.6) is 0 Å². The third kappa shape index (κ3) is 2.65. The zero-order valence-electron chi connectivity index (χ0n) is 12.4. The molecule has 0 saturated carbocycles. The summed E-state index contributed by atoms with van der Waals surface area (Å²) in [6, 6.07) is 4.44. The molecule has 102 valence electrons. The Labute approximate surface area is 115 Å². The summed E-state index contributed by atoms with van der Waals surface area (Å²) < 4.78 is 3.99. The highest BCUT2D eigenvalue weighted by molar-refractivity contribution is 5.63. The molecule has 0 unspecified atom stereocenters. The second-order valence-electron chi connectivity index (χ2n) is 5.35. The lowest BCUT2D eigenvalue weighted by Gasteiger charge is -2.10. The van der Waals surface area contributed by atoms with Crippen LogP contribution in [0, 0.1) is 20.8 Å². The Balaban J connectivity index is 2.55. The molecular weight excluding hydrogens is 234 g/mol. The van der Waals surface area contributed by atoms with Gasteiger partial charge in [0.25, 0.3) is 0 Å². The predicted octanol–water partition coefficient (Wildman–Crippen LogP) is 2.88. The van der Waals surface area contributed by atoms with Gasteiger partial charge in [-0.3, -0.25) is 5.84 Å². The first-order chi connectivity index (χ1) is 9.04. The van der Waals surface area contributed by atoms with Gasteiger partial charge in [-0.1, -0.05) is 31.0 Å². The fourth-order valence-corrected chi connectivity index (χ4v) is 2.76. The third-order valence-corrected chi connectivity index (χ3v) is 3.58. The molecule has 0 aliphatic carbocycles. The first-order valence-electron chi connectivity index (χ1n) is 6.98.